The lowest BCUT2D eigenvalue weighted by Crippen LogP contribution is -2.40. The standard InChI is InChI=1S/C10H19N3/c1-8(2)12-10(3,4)9-6-11-13(5)7-9/h6-8,12H,1-5H3. The molecular weight excluding hydrogens is 162 g/mol. The Hall–Kier alpha value is -0.830. The van der Waals surface area contributed by atoms with Gasteiger partial charge in [0.05, 0.1) is 6.20 Å². The largest absolute Gasteiger partial charge is 0.305 e. The normalized spacial score (nSPS) is 12.5. The molecule has 0 radical (unpaired) electrons. The number of nitrogens with one attached hydrogen (secondary N) is 1. The Labute approximate surface area is 80.1 Å². The average Bonchev–Trinajstić information content (AvgIpc) is 2.32. The molecule has 3 nitrogen and oxygen atoms in total. The zero-order valence-corrected chi connectivity index (χ0v) is 9.13. The van der Waals surface area contributed by atoms with Crippen LogP contribution in [-0.2, 0) is 12.6 Å². The number of aromatic nitrogens is 2. The van der Waals surface area contributed by atoms with Gasteiger partial charge in [0.2, 0.25) is 0 Å². The number of rotatable bonds is 3. The molecule has 1 aromatic rings. The summed E-state index contributed by atoms with van der Waals surface area (Å²) in [6.45, 7) is 8.64. The minimum atomic E-state index is 0.00241. The Morgan fingerprint density at radius 2 is 2.08 bits per heavy atom. The molecule has 0 bridgehead atoms. The summed E-state index contributed by atoms with van der Waals surface area (Å²) in [4.78, 5) is 0. The third-order valence-electron chi connectivity index (χ3n) is 2.08. The van der Waals surface area contributed by atoms with E-state index in [0.717, 1.165) is 0 Å². The second-order valence-corrected chi connectivity index (χ2v) is 4.33. The highest BCUT2D eigenvalue weighted by Crippen LogP contribution is 2.19. The van der Waals surface area contributed by atoms with E-state index in [4.69, 9.17) is 0 Å². The summed E-state index contributed by atoms with van der Waals surface area (Å²) in [7, 11) is 1.94. The Bertz CT molecular complexity index is 273. The molecule has 13 heavy (non-hydrogen) atoms. The minimum absolute atomic E-state index is 0.00241. The lowest BCUT2D eigenvalue weighted by Gasteiger charge is -2.27. The number of hydrogen-bond donors (Lipinski definition) is 1. The molecule has 0 atom stereocenters. The van der Waals surface area contributed by atoms with Crippen molar-refractivity contribution in [3.05, 3.63) is 18.0 Å². The molecule has 74 valence electrons. The van der Waals surface area contributed by atoms with Gasteiger partial charge in [-0.25, -0.2) is 0 Å². The Kier molecular flexibility index (Phi) is 2.76. The second kappa shape index (κ2) is 3.50. The fourth-order valence-corrected chi connectivity index (χ4v) is 1.55. The number of aryl methyl sites for hydroxylation is 1. The maximum Gasteiger partial charge on any atom is 0.0540 e. The maximum absolute atomic E-state index is 4.17. The van der Waals surface area contributed by atoms with Crippen LogP contribution in [0.1, 0.15) is 33.3 Å². The molecule has 0 fully saturated rings. The molecule has 0 saturated carbocycles. The van der Waals surface area contributed by atoms with Crippen molar-refractivity contribution in [1.82, 2.24) is 15.1 Å². The Morgan fingerprint density at radius 1 is 1.46 bits per heavy atom. The molecular formula is C10H19N3. The summed E-state index contributed by atoms with van der Waals surface area (Å²) in [5.74, 6) is 0. The third kappa shape index (κ3) is 2.56. The first-order valence-electron chi connectivity index (χ1n) is 4.68. The molecule has 0 aliphatic heterocycles. The van der Waals surface area contributed by atoms with Crippen LogP contribution in [0, 0.1) is 0 Å². The van der Waals surface area contributed by atoms with Crippen molar-refractivity contribution in [1.29, 1.82) is 0 Å². The zero-order valence-electron chi connectivity index (χ0n) is 9.13. The lowest BCUT2D eigenvalue weighted by atomic mass is 9.97. The van der Waals surface area contributed by atoms with E-state index in [-0.39, 0.29) is 5.54 Å². The molecule has 0 unspecified atom stereocenters. The van der Waals surface area contributed by atoms with Gasteiger partial charge in [0, 0.05) is 30.4 Å². The van der Waals surface area contributed by atoms with E-state index in [1.807, 2.05) is 17.9 Å². The molecule has 1 N–H and O–H groups in total. The summed E-state index contributed by atoms with van der Waals surface area (Å²) in [6, 6.07) is 0.482. The number of hydrogen-bond acceptors (Lipinski definition) is 2. The smallest absolute Gasteiger partial charge is 0.0540 e. The van der Waals surface area contributed by atoms with Gasteiger partial charge < -0.3 is 5.32 Å². The van der Waals surface area contributed by atoms with Gasteiger partial charge in [0.1, 0.15) is 0 Å². The van der Waals surface area contributed by atoms with E-state index in [2.05, 4.69) is 44.3 Å². The molecule has 0 aliphatic rings. The molecule has 1 aromatic heterocycles. The van der Waals surface area contributed by atoms with E-state index >= 15 is 0 Å². The quantitative estimate of drug-likeness (QED) is 0.768. The van der Waals surface area contributed by atoms with Crippen LogP contribution in [0.2, 0.25) is 0 Å². The van der Waals surface area contributed by atoms with Crippen molar-refractivity contribution in [3.63, 3.8) is 0 Å². The first-order valence-corrected chi connectivity index (χ1v) is 4.68. The van der Waals surface area contributed by atoms with E-state index in [1.165, 1.54) is 5.56 Å². The summed E-state index contributed by atoms with van der Waals surface area (Å²) in [5.41, 5.74) is 1.23. The van der Waals surface area contributed by atoms with Crippen LogP contribution in [0.25, 0.3) is 0 Å². The maximum atomic E-state index is 4.17. The summed E-state index contributed by atoms with van der Waals surface area (Å²) >= 11 is 0. The van der Waals surface area contributed by atoms with Crippen LogP contribution in [0.3, 0.4) is 0 Å². The van der Waals surface area contributed by atoms with Crippen LogP contribution in [0.4, 0.5) is 0 Å². The average molecular weight is 181 g/mol. The molecule has 1 heterocycles. The fourth-order valence-electron chi connectivity index (χ4n) is 1.55. The van der Waals surface area contributed by atoms with E-state index < -0.39 is 0 Å². The second-order valence-electron chi connectivity index (χ2n) is 4.33. The van der Waals surface area contributed by atoms with Gasteiger partial charge >= 0.3 is 0 Å². The first-order chi connectivity index (χ1) is 5.92. The molecule has 3 heteroatoms. The van der Waals surface area contributed by atoms with Gasteiger partial charge in [-0.2, -0.15) is 5.10 Å². The van der Waals surface area contributed by atoms with Crippen molar-refractivity contribution < 1.29 is 0 Å². The summed E-state index contributed by atoms with van der Waals surface area (Å²) < 4.78 is 1.83. The van der Waals surface area contributed by atoms with Crippen LogP contribution in [-0.4, -0.2) is 15.8 Å². The molecule has 0 amide bonds. The van der Waals surface area contributed by atoms with Crippen molar-refractivity contribution in [2.75, 3.05) is 0 Å². The van der Waals surface area contributed by atoms with Crippen LogP contribution >= 0.6 is 0 Å². The summed E-state index contributed by atoms with van der Waals surface area (Å²) in [5, 5.41) is 7.66. The number of nitrogens with zero attached hydrogens (tertiary/aromatic N) is 2. The third-order valence-corrected chi connectivity index (χ3v) is 2.08. The Balaban J connectivity index is 2.80. The fraction of sp³-hybridized carbons (Fsp3) is 0.700. The van der Waals surface area contributed by atoms with Crippen LogP contribution in [0.5, 0.6) is 0 Å². The minimum Gasteiger partial charge on any atom is -0.305 e. The van der Waals surface area contributed by atoms with Gasteiger partial charge in [-0.05, 0) is 13.8 Å². The van der Waals surface area contributed by atoms with Gasteiger partial charge in [-0.15, -0.1) is 0 Å². The van der Waals surface area contributed by atoms with Crippen molar-refractivity contribution in [2.24, 2.45) is 7.05 Å². The molecule has 0 saturated heterocycles. The molecule has 0 aromatic carbocycles. The summed E-state index contributed by atoms with van der Waals surface area (Å²) in [6.07, 6.45) is 3.96. The highest BCUT2D eigenvalue weighted by atomic mass is 15.2. The predicted octanol–water partition coefficient (Wildman–Crippen LogP) is 1.65. The highest BCUT2D eigenvalue weighted by Gasteiger charge is 2.22. The lowest BCUT2D eigenvalue weighted by molar-refractivity contribution is 0.365. The van der Waals surface area contributed by atoms with E-state index in [1.54, 1.807) is 0 Å². The highest BCUT2D eigenvalue weighted by molar-refractivity contribution is 5.15. The SMILES string of the molecule is CC(C)NC(C)(C)c1cnn(C)c1. The van der Waals surface area contributed by atoms with Crippen LogP contribution in [0.15, 0.2) is 12.4 Å². The Morgan fingerprint density at radius 3 is 2.46 bits per heavy atom. The molecule has 0 spiro atoms. The van der Waals surface area contributed by atoms with Gasteiger partial charge in [-0.1, -0.05) is 13.8 Å². The van der Waals surface area contributed by atoms with E-state index in [9.17, 15) is 0 Å². The monoisotopic (exact) mass is 181 g/mol. The van der Waals surface area contributed by atoms with Crippen molar-refractivity contribution >= 4 is 0 Å². The topological polar surface area (TPSA) is 29.9 Å². The zero-order chi connectivity index (χ0) is 10.1. The molecule has 1 rings (SSSR count). The van der Waals surface area contributed by atoms with Gasteiger partial charge in [0.25, 0.3) is 0 Å². The van der Waals surface area contributed by atoms with Crippen molar-refractivity contribution in [2.45, 2.75) is 39.3 Å². The predicted molar refractivity (Wildman–Crippen MR) is 54.5 cm³/mol. The first kappa shape index (κ1) is 10.3. The van der Waals surface area contributed by atoms with Gasteiger partial charge in [0.15, 0.2) is 0 Å². The van der Waals surface area contributed by atoms with E-state index in [0.29, 0.717) is 6.04 Å². The van der Waals surface area contributed by atoms with Gasteiger partial charge in [-0.3, -0.25) is 4.68 Å². The van der Waals surface area contributed by atoms with Crippen LogP contribution < -0.4 is 5.32 Å². The molecule has 0 aliphatic carbocycles. The van der Waals surface area contributed by atoms with Crippen molar-refractivity contribution in [3.8, 4) is 0 Å².